The minimum absolute atomic E-state index is 0.0498. The van der Waals surface area contributed by atoms with Crippen LogP contribution in [0.1, 0.15) is 30.2 Å². The number of ketones is 1. The fourth-order valence-corrected chi connectivity index (χ4v) is 4.10. The van der Waals surface area contributed by atoms with Crippen LogP contribution in [0.2, 0.25) is 0 Å². The van der Waals surface area contributed by atoms with E-state index in [1.807, 2.05) is 48.5 Å². The number of rotatable bonds is 11. The second kappa shape index (κ2) is 10.4. The summed E-state index contributed by atoms with van der Waals surface area (Å²) in [5.41, 5.74) is 1.75. The van der Waals surface area contributed by atoms with Gasteiger partial charge >= 0.3 is 5.97 Å². The number of fused-ring (bicyclic) bond motifs is 1. The number of carboxylic acid groups (broad SMARTS) is 1. The van der Waals surface area contributed by atoms with Gasteiger partial charge in [-0.25, -0.2) is 4.79 Å². The minimum atomic E-state index is -1.02. The van der Waals surface area contributed by atoms with Crippen LogP contribution in [0, 0.1) is 0 Å². The summed E-state index contributed by atoms with van der Waals surface area (Å²) in [4.78, 5) is 25.9. The van der Waals surface area contributed by atoms with Crippen LogP contribution in [-0.4, -0.2) is 54.5 Å². The molecule has 2 heterocycles. The molecule has 2 N–H and O–H groups in total. The molecule has 0 unspecified atom stereocenters. The number of aliphatic carboxylic acids is 1. The Kier molecular flexibility index (Phi) is 7.19. The number of hydrogen-bond donors (Lipinski definition) is 2. The predicted molar refractivity (Wildman–Crippen MR) is 121 cm³/mol. The Balaban J connectivity index is 1.41. The van der Waals surface area contributed by atoms with Crippen LogP contribution >= 0.6 is 0 Å². The van der Waals surface area contributed by atoms with Gasteiger partial charge < -0.3 is 24.5 Å². The van der Waals surface area contributed by atoms with E-state index >= 15 is 0 Å². The second-order valence-corrected chi connectivity index (χ2v) is 8.16. The minimum Gasteiger partial charge on any atom is -0.482 e. The number of carbonyl (C=O) groups is 2. The third-order valence-electron chi connectivity index (χ3n) is 5.66. The number of nitrogens with zero attached hydrogens (tertiary/aromatic N) is 1. The van der Waals surface area contributed by atoms with Gasteiger partial charge in [-0.1, -0.05) is 30.3 Å². The Hall–Kier alpha value is -3.16. The van der Waals surface area contributed by atoms with Crippen molar-refractivity contribution in [1.82, 2.24) is 10.2 Å². The van der Waals surface area contributed by atoms with Crippen LogP contribution in [0.3, 0.4) is 0 Å². The first-order valence-electron chi connectivity index (χ1n) is 11.0. The molecule has 0 radical (unpaired) electrons. The number of para-hydroxylation sites is 1. The Labute approximate surface area is 187 Å². The molecule has 1 atom stereocenters. The highest BCUT2D eigenvalue weighted by Crippen LogP contribution is 2.23. The lowest BCUT2D eigenvalue weighted by Crippen LogP contribution is -2.36. The average molecular weight is 437 g/mol. The van der Waals surface area contributed by atoms with Gasteiger partial charge in [-0.15, -0.1) is 0 Å². The van der Waals surface area contributed by atoms with E-state index in [-0.39, 0.29) is 31.4 Å². The van der Waals surface area contributed by atoms with E-state index in [9.17, 15) is 9.59 Å². The van der Waals surface area contributed by atoms with Crippen LogP contribution < -0.4 is 10.1 Å². The molecule has 1 aromatic heterocycles. The molecule has 4 rings (SSSR count). The SMILES string of the molecule is O=C(O)COc1cccc([C@@H](CN2CCCC2)NCC(=O)Cc2cc3ccccc3o2)c1. The first-order chi connectivity index (χ1) is 15.6. The third-order valence-corrected chi connectivity index (χ3v) is 5.66. The molecule has 0 spiro atoms. The average Bonchev–Trinajstić information content (AvgIpc) is 3.44. The van der Waals surface area contributed by atoms with Gasteiger partial charge in [-0.05, 0) is 55.8 Å². The maximum Gasteiger partial charge on any atom is 0.341 e. The quantitative estimate of drug-likeness (QED) is 0.476. The van der Waals surface area contributed by atoms with Crippen molar-refractivity contribution < 1.29 is 23.8 Å². The van der Waals surface area contributed by atoms with Crippen molar-refractivity contribution in [1.29, 1.82) is 0 Å². The van der Waals surface area contributed by atoms with Gasteiger partial charge in [0.25, 0.3) is 0 Å². The molecular weight excluding hydrogens is 408 g/mol. The topological polar surface area (TPSA) is 92.0 Å². The Bertz CT molecular complexity index is 1040. The van der Waals surface area contributed by atoms with Crippen molar-refractivity contribution in [2.45, 2.75) is 25.3 Å². The summed E-state index contributed by atoms with van der Waals surface area (Å²) < 4.78 is 11.1. The van der Waals surface area contributed by atoms with Gasteiger partial charge in [0.15, 0.2) is 12.4 Å². The Morgan fingerprint density at radius 2 is 1.91 bits per heavy atom. The van der Waals surface area contributed by atoms with Gasteiger partial charge in [0.2, 0.25) is 0 Å². The number of likely N-dealkylation sites (tertiary alicyclic amines) is 1. The highest BCUT2D eigenvalue weighted by molar-refractivity contribution is 5.84. The largest absolute Gasteiger partial charge is 0.482 e. The van der Waals surface area contributed by atoms with Crippen LogP contribution in [0.15, 0.2) is 59.0 Å². The van der Waals surface area contributed by atoms with Crippen LogP contribution in [0.4, 0.5) is 0 Å². The molecule has 2 aromatic carbocycles. The van der Waals surface area contributed by atoms with Crippen LogP contribution in [0.5, 0.6) is 5.75 Å². The highest BCUT2D eigenvalue weighted by Gasteiger charge is 2.20. The number of nitrogens with one attached hydrogen (secondary N) is 1. The number of carboxylic acids is 1. The second-order valence-electron chi connectivity index (χ2n) is 8.16. The number of Topliss-reactive ketones (excluding diaryl/α,β-unsaturated/α-hetero) is 1. The zero-order chi connectivity index (χ0) is 22.3. The van der Waals surface area contributed by atoms with Gasteiger partial charge in [-0.3, -0.25) is 4.79 Å². The first-order valence-corrected chi connectivity index (χ1v) is 11.0. The molecule has 3 aromatic rings. The standard InChI is InChI=1S/C25H28N2O5/c28-20(14-22-13-19-6-1-2-9-24(19)32-22)15-26-23(16-27-10-3-4-11-27)18-7-5-8-21(12-18)31-17-25(29)30/h1-2,5-9,12-13,23,26H,3-4,10-11,14-17H2,(H,29,30)/t23-/m1/s1. The Morgan fingerprint density at radius 1 is 1.09 bits per heavy atom. The normalized spacial score (nSPS) is 15.1. The highest BCUT2D eigenvalue weighted by atomic mass is 16.5. The molecule has 1 aliphatic heterocycles. The van der Waals surface area contributed by atoms with E-state index < -0.39 is 5.97 Å². The number of benzene rings is 2. The zero-order valence-corrected chi connectivity index (χ0v) is 18.0. The molecule has 168 valence electrons. The molecule has 7 nitrogen and oxygen atoms in total. The van der Waals surface area contributed by atoms with Gasteiger partial charge in [-0.2, -0.15) is 0 Å². The van der Waals surface area contributed by atoms with Crippen molar-refractivity contribution in [3.8, 4) is 5.75 Å². The fourth-order valence-electron chi connectivity index (χ4n) is 4.10. The van der Waals surface area contributed by atoms with Crippen molar-refractivity contribution >= 4 is 22.7 Å². The summed E-state index contributed by atoms with van der Waals surface area (Å²) in [5, 5.41) is 13.3. The number of furan rings is 1. The fraction of sp³-hybridized carbons (Fsp3) is 0.360. The number of hydrogen-bond acceptors (Lipinski definition) is 6. The molecule has 1 fully saturated rings. The maximum atomic E-state index is 12.7. The first kappa shape index (κ1) is 22.0. The monoisotopic (exact) mass is 436 g/mol. The summed E-state index contributed by atoms with van der Waals surface area (Å²) in [5.74, 6) is 0.206. The van der Waals surface area contributed by atoms with Crippen molar-refractivity contribution in [2.24, 2.45) is 0 Å². The van der Waals surface area contributed by atoms with Crippen LogP contribution in [0.25, 0.3) is 11.0 Å². The van der Waals surface area contributed by atoms with E-state index in [4.69, 9.17) is 14.3 Å². The molecule has 7 heteroatoms. The lowest BCUT2D eigenvalue weighted by atomic mass is 10.1. The zero-order valence-electron chi connectivity index (χ0n) is 18.0. The molecule has 0 amide bonds. The number of carbonyl (C=O) groups excluding carboxylic acids is 1. The molecule has 32 heavy (non-hydrogen) atoms. The molecule has 0 saturated carbocycles. The van der Waals surface area contributed by atoms with Crippen LogP contribution in [-0.2, 0) is 16.0 Å². The Morgan fingerprint density at radius 3 is 2.69 bits per heavy atom. The summed E-state index contributed by atoms with van der Waals surface area (Å²) >= 11 is 0. The van der Waals surface area contributed by atoms with E-state index in [0.717, 1.165) is 36.2 Å². The smallest absolute Gasteiger partial charge is 0.341 e. The van der Waals surface area contributed by atoms with E-state index in [0.29, 0.717) is 11.5 Å². The van der Waals surface area contributed by atoms with Gasteiger partial charge in [0, 0.05) is 18.0 Å². The third kappa shape index (κ3) is 5.96. The van der Waals surface area contributed by atoms with Gasteiger partial charge in [0.1, 0.15) is 17.1 Å². The maximum absolute atomic E-state index is 12.7. The van der Waals surface area contributed by atoms with E-state index in [1.165, 1.54) is 12.8 Å². The summed E-state index contributed by atoms with van der Waals surface area (Å²) in [6, 6.07) is 17.0. The van der Waals surface area contributed by atoms with Gasteiger partial charge in [0.05, 0.1) is 13.0 Å². The van der Waals surface area contributed by atoms with E-state index in [1.54, 1.807) is 6.07 Å². The summed E-state index contributed by atoms with van der Waals surface area (Å²) in [7, 11) is 0. The van der Waals surface area contributed by atoms with Crippen molar-refractivity contribution in [3.05, 3.63) is 65.9 Å². The molecular formula is C25H28N2O5. The molecule has 0 bridgehead atoms. The molecule has 1 aliphatic rings. The lowest BCUT2D eigenvalue weighted by molar-refractivity contribution is -0.139. The lowest BCUT2D eigenvalue weighted by Gasteiger charge is -2.25. The molecule has 0 aliphatic carbocycles. The van der Waals surface area contributed by atoms with E-state index in [2.05, 4.69) is 10.2 Å². The number of ether oxygens (including phenoxy) is 1. The van der Waals surface area contributed by atoms with Crippen molar-refractivity contribution in [2.75, 3.05) is 32.8 Å². The predicted octanol–water partition coefficient (Wildman–Crippen LogP) is 3.43. The molecule has 1 saturated heterocycles. The summed E-state index contributed by atoms with van der Waals surface area (Å²) in [6.07, 6.45) is 2.60. The summed E-state index contributed by atoms with van der Waals surface area (Å²) in [6.45, 7) is 2.69. The van der Waals surface area contributed by atoms with Crippen molar-refractivity contribution in [3.63, 3.8) is 0 Å².